The van der Waals surface area contributed by atoms with Crippen molar-refractivity contribution in [2.45, 2.75) is 57.5 Å². The van der Waals surface area contributed by atoms with Crippen molar-refractivity contribution in [3.05, 3.63) is 71.8 Å². The second-order valence-electron chi connectivity index (χ2n) is 13.5. The van der Waals surface area contributed by atoms with E-state index in [0.29, 0.717) is 49.3 Å². The largest absolute Gasteiger partial charge is 0.475 e. The summed E-state index contributed by atoms with van der Waals surface area (Å²) in [4.78, 5) is 45.5. The number of aliphatic hydroxyl groups is 3. The fraction of sp³-hybridized carbons (Fsp3) is 0.528. The maximum Gasteiger partial charge on any atom is 0.329 e. The van der Waals surface area contributed by atoms with Crippen LogP contribution in [0.15, 0.2) is 49.3 Å². The van der Waals surface area contributed by atoms with Crippen molar-refractivity contribution in [1.82, 2.24) is 29.2 Å². The van der Waals surface area contributed by atoms with E-state index >= 15 is 0 Å². The van der Waals surface area contributed by atoms with Gasteiger partial charge in [0.2, 0.25) is 6.29 Å². The van der Waals surface area contributed by atoms with Crippen molar-refractivity contribution in [3.63, 3.8) is 0 Å². The molecule has 0 saturated carbocycles. The topological polar surface area (TPSA) is 171 Å². The Bertz CT molecular complexity index is 1800. The van der Waals surface area contributed by atoms with Crippen LogP contribution in [-0.2, 0) is 20.9 Å². The van der Waals surface area contributed by atoms with Crippen LogP contribution in [0.3, 0.4) is 0 Å². The first-order chi connectivity index (χ1) is 24.8. The lowest BCUT2D eigenvalue weighted by Crippen LogP contribution is -2.54. The highest BCUT2D eigenvalue weighted by Crippen LogP contribution is 2.30. The predicted molar refractivity (Wildman–Crippen MR) is 191 cm³/mol. The summed E-state index contributed by atoms with van der Waals surface area (Å²) < 4.78 is 18.5. The van der Waals surface area contributed by atoms with Crippen molar-refractivity contribution in [2.24, 2.45) is 5.92 Å². The molecule has 0 bridgehead atoms. The molecule has 0 spiro atoms. The number of hydrogen-bond donors (Lipinski definition) is 3. The molecule has 0 unspecified atom stereocenters. The van der Waals surface area contributed by atoms with E-state index in [-0.39, 0.29) is 43.7 Å². The van der Waals surface area contributed by atoms with Crippen LogP contribution in [0.1, 0.15) is 24.5 Å². The van der Waals surface area contributed by atoms with E-state index in [0.717, 1.165) is 22.9 Å². The van der Waals surface area contributed by atoms with Crippen molar-refractivity contribution in [1.29, 1.82) is 0 Å². The van der Waals surface area contributed by atoms with Gasteiger partial charge in [-0.05, 0) is 55.2 Å². The maximum absolute atomic E-state index is 13.6. The van der Waals surface area contributed by atoms with Crippen molar-refractivity contribution >= 4 is 28.8 Å². The van der Waals surface area contributed by atoms with Crippen molar-refractivity contribution in [2.75, 3.05) is 65.4 Å². The molecular formula is C36H48N8O8. The van der Waals surface area contributed by atoms with E-state index in [2.05, 4.69) is 28.3 Å². The van der Waals surface area contributed by atoms with E-state index in [1.807, 2.05) is 43.0 Å². The minimum Gasteiger partial charge on any atom is -0.475 e. The lowest BCUT2D eigenvalue weighted by Gasteiger charge is -2.41. The first-order valence-electron chi connectivity index (χ1n) is 17.2. The van der Waals surface area contributed by atoms with Crippen LogP contribution in [0.4, 0.5) is 10.6 Å². The molecule has 2 aliphatic rings. The van der Waals surface area contributed by atoms with Crippen LogP contribution >= 0.6 is 0 Å². The van der Waals surface area contributed by atoms with Crippen molar-refractivity contribution in [3.8, 4) is 5.75 Å². The minimum absolute atomic E-state index is 0.0183. The van der Waals surface area contributed by atoms with Gasteiger partial charge in [-0.3, -0.25) is 9.36 Å². The highest BCUT2D eigenvalue weighted by atomic mass is 16.7. The van der Waals surface area contributed by atoms with Gasteiger partial charge in [0.05, 0.1) is 18.0 Å². The maximum atomic E-state index is 13.6. The number of amides is 2. The molecule has 2 aromatic heterocycles. The number of aryl methyl sites for hydroxylation is 1. The number of carbonyl (C=O) groups excluding carboxylic acids is 2. The molecule has 6 atom stereocenters. The van der Waals surface area contributed by atoms with Crippen molar-refractivity contribution < 1.29 is 39.1 Å². The Hall–Kier alpha value is -4.95. The van der Waals surface area contributed by atoms with Gasteiger partial charge in [0.1, 0.15) is 42.8 Å². The van der Waals surface area contributed by atoms with Crippen LogP contribution < -0.4 is 9.64 Å². The number of likely N-dealkylation sites (N-methyl/N-ethyl adjacent to an activating group) is 3. The minimum atomic E-state index is -1.39. The number of likely N-dealkylation sites (tertiary alicyclic amines) is 1. The van der Waals surface area contributed by atoms with E-state index in [4.69, 9.17) is 20.8 Å². The second-order valence-corrected chi connectivity index (χ2v) is 13.5. The molecule has 0 aliphatic carbocycles. The van der Waals surface area contributed by atoms with E-state index < -0.39 is 24.6 Å². The smallest absolute Gasteiger partial charge is 0.329 e. The number of carbonyl (C=O) groups is 2. The quantitative estimate of drug-likeness (QED) is 0.183. The lowest BCUT2D eigenvalue weighted by atomic mass is 9.92. The number of anilines is 1. The van der Waals surface area contributed by atoms with Gasteiger partial charge >= 0.3 is 11.9 Å². The van der Waals surface area contributed by atoms with Gasteiger partial charge in [0.25, 0.3) is 6.54 Å². The molecule has 2 amide bonds. The van der Waals surface area contributed by atoms with Gasteiger partial charge in [0.15, 0.2) is 11.5 Å². The van der Waals surface area contributed by atoms with Gasteiger partial charge in [-0.1, -0.05) is 13.0 Å². The first kappa shape index (κ1) is 38.3. The SMILES string of the molecule is [C-]#[N+]CC(=O)N1CC[C@@H](C)[C@@H](N(C)c2ncnc3c2ccn3C(=O)N(C)CCN(C)C(=C)OCc2ccc(O[C@@H]3OC[C@@H](O)[C@H](O)[C@H]3O)c(C)c2)C1. The van der Waals surface area contributed by atoms with Gasteiger partial charge in [0, 0.05) is 53.5 Å². The number of nitrogens with zero attached hydrogens (tertiary/aromatic N) is 8. The van der Waals surface area contributed by atoms with Gasteiger partial charge in [-0.2, -0.15) is 0 Å². The molecule has 5 rings (SSSR count). The summed E-state index contributed by atoms with van der Waals surface area (Å²) in [6.45, 7) is 16.9. The lowest BCUT2D eigenvalue weighted by molar-refractivity contribution is -0.242. The van der Waals surface area contributed by atoms with Crippen LogP contribution in [0, 0.1) is 19.4 Å². The second kappa shape index (κ2) is 16.6. The standard InChI is InChI=1S/C36H48N8O8/c1-22-10-12-43(30(46)17-37-4)18-27(22)42(7)33-26-11-13-44(34(26)39-21-38-33)36(49)41(6)15-14-40(5)24(3)50-19-25-8-9-29(23(2)16-25)52-35-32(48)31(47)28(45)20-51-35/h8-9,11,13,16,21-22,27-28,31-32,35,45,47-48H,3,10,12,14-15,17-20H2,1-2,5-7H3/t22-,27+,28-,31+,32-,35+/m1/s1. The zero-order valence-electron chi connectivity index (χ0n) is 30.3. The van der Waals surface area contributed by atoms with Crippen LogP contribution in [0.25, 0.3) is 15.9 Å². The third-order valence-corrected chi connectivity index (χ3v) is 9.85. The molecule has 52 heavy (non-hydrogen) atoms. The molecule has 0 radical (unpaired) electrons. The average Bonchev–Trinajstić information content (AvgIpc) is 3.58. The summed E-state index contributed by atoms with van der Waals surface area (Å²) in [5.41, 5.74) is 2.09. The zero-order chi connectivity index (χ0) is 37.7. The number of ether oxygens (including phenoxy) is 3. The Labute approximate surface area is 303 Å². The third-order valence-electron chi connectivity index (χ3n) is 9.85. The molecule has 4 heterocycles. The molecule has 280 valence electrons. The number of rotatable bonds is 12. The molecule has 3 N–H and O–H groups in total. The summed E-state index contributed by atoms with van der Waals surface area (Å²) in [6.07, 6.45) is -1.10. The Morgan fingerprint density at radius 3 is 2.60 bits per heavy atom. The number of aliphatic hydroxyl groups excluding tert-OH is 3. The summed E-state index contributed by atoms with van der Waals surface area (Å²) in [5, 5.41) is 30.5. The molecule has 2 saturated heterocycles. The Morgan fingerprint density at radius 2 is 1.87 bits per heavy atom. The van der Waals surface area contributed by atoms with E-state index in [1.54, 1.807) is 35.2 Å². The molecule has 16 heteroatoms. The first-order valence-corrected chi connectivity index (χ1v) is 17.2. The Morgan fingerprint density at radius 1 is 1.12 bits per heavy atom. The number of aromatic nitrogens is 3. The molecular weight excluding hydrogens is 672 g/mol. The monoisotopic (exact) mass is 720 g/mol. The number of piperidine rings is 1. The number of benzene rings is 1. The molecule has 1 aromatic carbocycles. The Kier molecular flexibility index (Phi) is 12.2. The van der Waals surface area contributed by atoms with Gasteiger partial charge in [-0.15, -0.1) is 0 Å². The number of hydrogen-bond acceptors (Lipinski definition) is 12. The van der Waals surface area contributed by atoms with E-state index in [1.165, 1.54) is 10.9 Å². The molecule has 16 nitrogen and oxygen atoms in total. The van der Waals surface area contributed by atoms with Crippen LogP contribution in [-0.4, -0.2) is 148 Å². The molecule has 3 aromatic rings. The highest BCUT2D eigenvalue weighted by molar-refractivity contribution is 5.94. The zero-order valence-corrected chi connectivity index (χ0v) is 30.3. The van der Waals surface area contributed by atoms with E-state index in [9.17, 15) is 24.9 Å². The normalized spacial score (nSPS) is 23.1. The molecule has 2 aliphatic heterocycles. The van der Waals surface area contributed by atoms with Gasteiger partial charge in [-0.25, -0.2) is 21.3 Å². The Balaban J connectivity index is 1.14. The predicted octanol–water partition coefficient (Wildman–Crippen LogP) is 1.67. The summed E-state index contributed by atoms with van der Waals surface area (Å²) in [6, 6.07) is 6.94. The summed E-state index contributed by atoms with van der Waals surface area (Å²) >= 11 is 0. The van der Waals surface area contributed by atoms with Crippen LogP contribution in [0.5, 0.6) is 5.75 Å². The molecule has 2 fully saturated rings. The average molecular weight is 721 g/mol. The number of fused-ring (bicyclic) bond motifs is 1. The fourth-order valence-electron chi connectivity index (χ4n) is 6.40. The fourth-order valence-corrected chi connectivity index (χ4v) is 6.40. The van der Waals surface area contributed by atoms with Crippen LogP contribution in [0.2, 0.25) is 0 Å². The summed E-state index contributed by atoms with van der Waals surface area (Å²) in [5.74, 6) is 1.66. The van der Waals surface area contributed by atoms with Gasteiger partial charge < -0.3 is 54.0 Å². The highest BCUT2D eigenvalue weighted by Gasteiger charge is 2.39. The summed E-state index contributed by atoms with van der Waals surface area (Å²) in [7, 11) is 5.48. The third kappa shape index (κ3) is 8.39.